The fraction of sp³-hybridized carbons (Fsp3) is 0.625. The van der Waals surface area contributed by atoms with Crippen LogP contribution in [0.5, 0.6) is 0 Å². The van der Waals surface area contributed by atoms with Crippen LogP contribution in [0.25, 0.3) is 0 Å². The molecule has 3 N–H and O–H groups in total. The molecule has 0 aliphatic rings. The Labute approximate surface area is 116 Å². The minimum absolute atomic E-state index is 0.0688. The maximum atomic E-state index is 9.43. The maximum Gasteiger partial charge on any atom is 0.0633 e. The molecule has 1 aromatic carbocycles. The fourth-order valence-corrected chi connectivity index (χ4v) is 2.17. The largest absolute Gasteiger partial charge is 0.394 e. The van der Waals surface area contributed by atoms with Crippen LogP contribution < -0.4 is 5.32 Å². The van der Waals surface area contributed by atoms with Crippen molar-refractivity contribution in [3.05, 3.63) is 35.9 Å². The van der Waals surface area contributed by atoms with Gasteiger partial charge in [0.1, 0.15) is 0 Å². The number of nitrogens with one attached hydrogen (secondary N) is 1. The lowest BCUT2D eigenvalue weighted by Gasteiger charge is -2.32. The zero-order chi connectivity index (χ0) is 14.1. The van der Waals surface area contributed by atoms with E-state index in [-0.39, 0.29) is 19.3 Å². The van der Waals surface area contributed by atoms with Gasteiger partial charge in [-0.25, -0.2) is 0 Å². The molecule has 1 aromatic rings. The Morgan fingerprint density at radius 1 is 1.11 bits per heavy atom. The van der Waals surface area contributed by atoms with Gasteiger partial charge in [-0.05, 0) is 18.9 Å². The number of hydrogen-bond donors (Lipinski definition) is 3. The minimum atomic E-state index is -0.632. The highest BCUT2D eigenvalue weighted by Crippen LogP contribution is 2.22. The van der Waals surface area contributed by atoms with Crippen LogP contribution in [0, 0.1) is 0 Å². The van der Waals surface area contributed by atoms with E-state index in [2.05, 4.69) is 24.4 Å². The van der Waals surface area contributed by atoms with Gasteiger partial charge in [-0.2, -0.15) is 0 Å². The maximum absolute atomic E-state index is 9.43. The second kappa shape index (κ2) is 8.31. The lowest BCUT2D eigenvalue weighted by Crippen LogP contribution is -2.50. The van der Waals surface area contributed by atoms with Crippen LogP contribution in [-0.2, 0) is 0 Å². The highest BCUT2D eigenvalue weighted by molar-refractivity contribution is 5.19. The number of aliphatic hydroxyl groups is 2. The van der Waals surface area contributed by atoms with Gasteiger partial charge in [0.15, 0.2) is 0 Å². The van der Waals surface area contributed by atoms with Crippen molar-refractivity contribution in [1.29, 1.82) is 0 Å². The molecule has 3 nitrogen and oxygen atoms in total. The molecule has 0 bridgehead atoms. The molecule has 1 atom stereocenters. The Morgan fingerprint density at radius 2 is 1.74 bits per heavy atom. The van der Waals surface area contributed by atoms with Crippen molar-refractivity contribution in [2.75, 3.05) is 13.2 Å². The SMILES string of the molecule is CCCCCC(NC(C)(CO)CO)c1ccccc1. The molecular formula is C16H27NO2. The van der Waals surface area contributed by atoms with E-state index in [0.717, 1.165) is 12.8 Å². The summed E-state index contributed by atoms with van der Waals surface area (Å²) in [7, 11) is 0. The average molecular weight is 265 g/mol. The molecule has 0 fully saturated rings. The van der Waals surface area contributed by atoms with Crippen LogP contribution in [0.2, 0.25) is 0 Å². The minimum Gasteiger partial charge on any atom is -0.394 e. The molecule has 1 unspecified atom stereocenters. The van der Waals surface area contributed by atoms with E-state index >= 15 is 0 Å². The quantitative estimate of drug-likeness (QED) is 0.602. The Kier molecular flexibility index (Phi) is 7.06. The fourth-order valence-electron chi connectivity index (χ4n) is 2.17. The summed E-state index contributed by atoms with van der Waals surface area (Å²) in [4.78, 5) is 0. The summed E-state index contributed by atoms with van der Waals surface area (Å²) in [5.74, 6) is 0. The van der Waals surface area contributed by atoms with Crippen molar-refractivity contribution >= 4 is 0 Å². The molecule has 0 aromatic heterocycles. The van der Waals surface area contributed by atoms with Crippen molar-refractivity contribution < 1.29 is 10.2 Å². The molecule has 3 heteroatoms. The van der Waals surface area contributed by atoms with Crippen LogP contribution >= 0.6 is 0 Å². The lowest BCUT2D eigenvalue weighted by molar-refractivity contribution is 0.0922. The second-order valence-corrected chi connectivity index (χ2v) is 5.48. The summed E-state index contributed by atoms with van der Waals surface area (Å²) in [6.07, 6.45) is 4.57. The molecule has 19 heavy (non-hydrogen) atoms. The molecule has 0 radical (unpaired) electrons. The highest BCUT2D eigenvalue weighted by Gasteiger charge is 2.26. The first-order chi connectivity index (χ1) is 9.15. The second-order valence-electron chi connectivity index (χ2n) is 5.48. The molecule has 1 rings (SSSR count). The van der Waals surface area contributed by atoms with Crippen molar-refractivity contribution in [2.24, 2.45) is 0 Å². The van der Waals surface area contributed by atoms with E-state index in [1.54, 1.807) is 0 Å². The van der Waals surface area contributed by atoms with E-state index in [9.17, 15) is 10.2 Å². The van der Waals surface area contributed by atoms with Gasteiger partial charge in [0.2, 0.25) is 0 Å². The zero-order valence-electron chi connectivity index (χ0n) is 12.1. The number of aliphatic hydroxyl groups excluding tert-OH is 2. The van der Waals surface area contributed by atoms with Crippen LogP contribution in [-0.4, -0.2) is 29.0 Å². The van der Waals surface area contributed by atoms with Crippen molar-refractivity contribution in [1.82, 2.24) is 5.32 Å². The van der Waals surface area contributed by atoms with Gasteiger partial charge in [0.25, 0.3) is 0 Å². The number of unbranched alkanes of at least 4 members (excludes halogenated alkanes) is 2. The molecule has 0 saturated heterocycles. The van der Waals surface area contributed by atoms with E-state index in [4.69, 9.17) is 0 Å². The van der Waals surface area contributed by atoms with Gasteiger partial charge in [-0.1, -0.05) is 56.5 Å². The van der Waals surface area contributed by atoms with Gasteiger partial charge in [-0.3, -0.25) is 0 Å². The van der Waals surface area contributed by atoms with Gasteiger partial charge in [-0.15, -0.1) is 0 Å². The van der Waals surface area contributed by atoms with Gasteiger partial charge in [0.05, 0.1) is 18.8 Å². The van der Waals surface area contributed by atoms with Crippen molar-refractivity contribution in [2.45, 2.75) is 51.1 Å². The lowest BCUT2D eigenvalue weighted by atomic mass is 9.96. The summed E-state index contributed by atoms with van der Waals surface area (Å²) in [5.41, 5.74) is 0.582. The number of rotatable bonds is 9. The number of hydrogen-bond acceptors (Lipinski definition) is 3. The summed E-state index contributed by atoms with van der Waals surface area (Å²) in [6.45, 7) is 3.90. The molecule has 0 aliphatic heterocycles. The first-order valence-corrected chi connectivity index (χ1v) is 7.19. The van der Waals surface area contributed by atoms with Crippen molar-refractivity contribution in [3.63, 3.8) is 0 Å². The first kappa shape index (κ1) is 16.2. The predicted octanol–water partition coefficient (Wildman–Crippen LogP) is 2.64. The number of benzene rings is 1. The smallest absolute Gasteiger partial charge is 0.0633 e. The molecule has 0 spiro atoms. The molecule has 0 aliphatic carbocycles. The van der Waals surface area contributed by atoms with E-state index in [0.29, 0.717) is 0 Å². The van der Waals surface area contributed by atoms with E-state index < -0.39 is 5.54 Å². The van der Waals surface area contributed by atoms with Gasteiger partial charge in [0, 0.05) is 6.04 Å². The first-order valence-electron chi connectivity index (χ1n) is 7.19. The van der Waals surface area contributed by atoms with E-state index in [1.807, 2.05) is 25.1 Å². The van der Waals surface area contributed by atoms with Crippen LogP contribution in [0.3, 0.4) is 0 Å². The van der Waals surface area contributed by atoms with Gasteiger partial charge >= 0.3 is 0 Å². The summed E-state index contributed by atoms with van der Waals surface area (Å²) >= 11 is 0. The molecule has 0 heterocycles. The van der Waals surface area contributed by atoms with Crippen LogP contribution in [0.1, 0.15) is 51.1 Å². The molecule has 0 amide bonds. The third-order valence-electron chi connectivity index (χ3n) is 3.52. The Bertz CT molecular complexity index is 336. The molecular weight excluding hydrogens is 238 g/mol. The Hall–Kier alpha value is -0.900. The Balaban J connectivity index is 2.75. The molecule has 108 valence electrons. The topological polar surface area (TPSA) is 52.5 Å². The zero-order valence-corrected chi connectivity index (χ0v) is 12.1. The van der Waals surface area contributed by atoms with Crippen molar-refractivity contribution in [3.8, 4) is 0 Å². The highest BCUT2D eigenvalue weighted by atomic mass is 16.3. The van der Waals surface area contributed by atoms with Gasteiger partial charge < -0.3 is 15.5 Å². The Morgan fingerprint density at radius 3 is 2.26 bits per heavy atom. The van der Waals surface area contributed by atoms with Crippen LogP contribution in [0.15, 0.2) is 30.3 Å². The third kappa shape index (κ3) is 5.31. The van der Waals surface area contributed by atoms with E-state index in [1.165, 1.54) is 18.4 Å². The summed E-state index contributed by atoms with van der Waals surface area (Å²) < 4.78 is 0. The third-order valence-corrected chi connectivity index (χ3v) is 3.52. The monoisotopic (exact) mass is 265 g/mol. The summed E-state index contributed by atoms with van der Waals surface area (Å²) in [5, 5.41) is 22.3. The molecule has 0 saturated carbocycles. The standard InChI is InChI=1S/C16H27NO2/c1-3-4-6-11-15(14-9-7-5-8-10-14)17-16(2,12-18)13-19/h5,7-10,15,17-19H,3-4,6,11-13H2,1-2H3. The average Bonchev–Trinajstić information content (AvgIpc) is 2.47. The predicted molar refractivity (Wildman–Crippen MR) is 79.0 cm³/mol. The van der Waals surface area contributed by atoms with Crippen LogP contribution in [0.4, 0.5) is 0 Å². The summed E-state index contributed by atoms with van der Waals surface area (Å²) in [6, 6.07) is 10.4. The normalized spacial score (nSPS) is 13.5.